The Labute approximate surface area is 108 Å². The summed E-state index contributed by atoms with van der Waals surface area (Å²) in [5.41, 5.74) is -0.0207. The number of thioether (sulfide) groups is 1. The maximum Gasteiger partial charge on any atom is 0.311 e. The summed E-state index contributed by atoms with van der Waals surface area (Å²) < 4.78 is 0. The van der Waals surface area contributed by atoms with Crippen molar-refractivity contribution in [1.82, 2.24) is 4.98 Å². The van der Waals surface area contributed by atoms with Crippen LogP contribution < -0.4 is 5.32 Å². The van der Waals surface area contributed by atoms with Crippen molar-refractivity contribution in [2.75, 3.05) is 16.8 Å². The van der Waals surface area contributed by atoms with E-state index in [0.717, 1.165) is 24.3 Å². The van der Waals surface area contributed by atoms with Crippen molar-refractivity contribution < 1.29 is 4.92 Å². The molecule has 0 spiro atoms. The molecule has 0 aliphatic carbocycles. The molecule has 1 saturated heterocycles. The van der Waals surface area contributed by atoms with E-state index in [-0.39, 0.29) is 22.7 Å². The van der Waals surface area contributed by atoms with Gasteiger partial charge in [-0.1, -0.05) is 11.6 Å². The van der Waals surface area contributed by atoms with Gasteiger partial charge in [0, 0.05) is 12.1 Å². The van der Waals surface area contributed by atoms with Gasteiger partial charge in [0.15, 0.2) is 0 Å². The number of aromatic nitrogens is 1. The van der Waals surface area contributed by atoms with Crippen LogP contribution in [0.25, 0.3) is 0 Å². The summed E-state index contributed by atoms with van der Waals surface area (Å²) in [6.45, 7) is 0. The van der Waals surface area contributed by atoms with Crippen LogP contribution in [0.4, 0.5) is 11.5 Å². The zero-order chi connectivity index (χ0) is 12.3. The average molecular weight is 274 g/mol. The quantitative estimate of drug-likeness (QED) is 0.521. The van der Waals surface area contributed by atoms with Crippen LogP contribution in [0, 0.1) is 10.1 Å². The van der Waals surface area contributed by atoms with Crippen LogP contribution in [0.5, 0.6) is 0 Å². The lowest BCUT2D eigenvalue weighted by Gasteiger charge is -2.22. The topological polar surface area (TPSA) is 68.1 Å². The fraction of sp³-hybridized carbons (Fsp3) is 0.500. The van der Waals surface area contributed by atoms with Crippen LogP contribution in [-0.2, 0) is 0 Å². The van der Waals surface area contributed by atoms with Crippen LogP contribution in [-0.4, -0.2) is 27.5 Å². The van der Waals surface area contributed by atoms with Gasteiger partial charge < -0.3 is 5.32 Å². The predicted molar refractivity (Wildman–Crippen MR) is 69.9 cm³/mol. The molecule has 1 aromatic heterocycles. The largest absolute Gasteiger partial charge is 0.362 e. The van der Waals surface area contributed by atoms with Gasteiger partial charge in [-0.15, -0.1) is 0 Å². The van der Waals surface area contributed by atoms with Crippen LogP contribution in [0.3, 0.4) is 0 Å². The summed E-state index contributed by atoms with van der Waals surface area (Å²) in [6, 6.07) is 3.07. The molecule has 2 rings (SSSR count). The van der Waals surface area contributed by atoms with Crippen molar-refractivity contribution in [1.29, 1.82) is 0 Å². The van der Waals surface area contributed by atoms with Crippen molar-refractivity contribution in [3.8, 4) is 0 Å². The molecule has 1 fully saturated rings. The number of nitrogens with one attached hydrogen (secondary N) is 1. The third-order valence-corrected chi connectivity index (χ3v) is 3.86. The Hall–Kier alpha value is -1.01. The lowest BCUT2D eigenvalue weighted by atomic mass is 10.1. The van der Waals surface area contributed by atoms with E-state index in [2.05, 4.69) is 10.3 Å². The SMILES string of the molecule is O=[N+]([O-])c1ccc(Cl)nc1NC1CCSCC1. The number of nitrogens with zero attached hydrogens (tertiary/aromatic N) is 2. The van der Waals surface area contributed by atoms with E-state index in [1.807, 2.05) is 11.8 Å². The highest BCUT2D eigenvalue weighted by atomic mass is 35.5. The summed E-state index contributed by atoms with van der Waals surface area (Å²) >= 11 is 7.66. The molecule has 1 N–H and O–H groups in total. The first-order valence-corrected chi connectivity index (χ1v) is 6.85. The van der Waals surface area contributed by atoms with Crippen molar-refractivity contribution in [3.05, 3.63) is 27.4 Å². The van der Waals surface area contributed by atoms with Gasteiger partial charge >= 0.3 is 5.69 Å². The molecule has 2 heterocycles. The number of pyridine rings is 1. The lowest BCUT2D eigenvalue weighted by Crippen LogP contribution is -2.25. The normalized spacial score (nSPS) is 16.8. The molecule has 0 unspecified atom stereocenters. The van der Waals surface area contributed by atoms with Crippen LogP contribution in [0.15, 0.2) is 12.1 Å². The summed E-state index contributed by atoms with van der Waals surface area (Å²) in [7, 11) is 0. The summed E-state index contributed by atoms with van der Waals surface area (Å²) in [5, 5.41) is 14.2. The van der Waals surface area contributed by atoms with Gasteiger partial charge in [-0.05, 0) is 30.4 Å². The highest BCUT2D eigenvalue weighted by Gasteiger charge is 2.20. The number of halogens is 1. The molecule has 0 atom stereocenters. The Morgan fingerprint density at radius 2 is 2.18 bits per heavy atom. The van der Waals surface area contributed by atoms with E-state index in [1.54, 1.807) is 0 Å². The van der Waals surface area contributed by atoms with Crippen molar-refractivity contribution in [2.45, 2.75) is 18.9 Å². The zero-order valence-electron chi connectivity index (χ0n) is 9.06. The zero-order valence-corrected chi connectivity index (χ0v) is 10.6. The molecule has 17 heavy (non-hydrogen) atoms. The van der Waals surface area contributed by atoms with Crippen LogP contribution in [0.1, 0.15) is 12.8 Å². The number of hydrogen-bond acceptors (Lipinski definition) is 5. The van der Waals surface area contributed by atoms with Gasteiger partial charge in [0.25, 0.3) is 0 Å². The van der Waals surface area contributed by atoms with Crippen molar-refractivity contribution in [3.63, 3.8) is 0 Å². The second-order valence-electron chi connectivity index (χ2n) is 3.79. The molecule has 0 bridgehead atoms. The van der Waals surface area contributed by atoms with Gasteiger partial charge in [0.1, 0.15) is 5.15 Å². The summed E-state index contributed by atoms with van der Waals surface area (Å²) in [6.07, 6.45) is 1.99. The van der Waals surface area contributed by atoms with Gasteiger partial charge in [-0.25, -0.2) is 4.98 Å². The third-order valence-electron chi connectivity index (χ3n) is 2.60. The Morgan fingerprint density at radius 3 is 2.82 bits per heavy atom. The van der Waals surface area contributed by atoms with Gasteiger partial charge in [0.2, 0.25) is 5.82 Å². The Kier molecular flexibility index (Phi) is 4.06. The van der Waals surface area contributed by atoms with Crippen molar-refractivity contribution >= 4 is 34.9 Å². The molecule has 0 saturated carbocycles. The maximum absolute atomic E-state index is 10.9. The Bertz CT molecular complexity index is 424. The van der Waals surface area contributed by atoms with Crippen LogP contribution in [0.2, 0.25) is 5.15 Å². The highest BCUT2D eigenvalue weighted by Crippen LogP contribution is 2.27. The van der Waals surface area contributed by atoms with E-state index < -0.39 is 4.92 Å². The number of anilines is 1. The molecule has 1 aromatic rings. The number of rotatable bonds is 3. The first-order valence-electron chi connectivity index (χ1n) is 5.32. The minimum absolute atomic E-state index is 0.0207. The molecule has 0 radical (unpaired) electrons. The molecule has 0 amide bonds. The molecule has 1 aliphatic rings. The van der Waals surface area contributed by atoms with E-state index in [9.17, 15) is 10.1 Å². The predicted octanol–water partition coefficient (Wildman–Crippen LogP) is 2.95. The fourth-order valence-electron chi connectivity index (χ4n) is 1.72. The standard InChI is InChI=1S/C10H12ClN3O2S/c11-9-2-1-8(14(15)16)10(13-9)12-7-3-5-17-6-4-7/h1-2,7H,3-6H2,(H,12,13). The fourth-order valence-corrected chi connectivity index (χ4v) is 2.97. The first-order chi connectivity index (χ1) is 8.16. The smallest absolute Gasteiger partial charge is 0.311 e. The van der Waals surface area contributed by atoms with E-state index in [1.165, 1.54) is 12.1 Å². The molecular formula is C10H12ClN3O2S. The van der Waals surface area contributed by atoms with Gasteiger partial charge in [-0.3, -0.25) is 10.1 Å². The Balaban J connectivity index is 2.17. The molecule has 0 aromatic carbocycles. The minimum Gasteiger partial charge on any atom is -0.362 e. The molecule has 5 nitrogen and oxygen atoms in total. The summed E-state index contributed by atoms with van der Waals surface area (Å²) in [5.74, 6) is 2.43. The second kappa shape index (κ2) is 5.55. The lowest BCUT2D eigenvalue weighted by molar-refractivity contribution is -0.384. The van der Waals surface area contributed by atoms with E-state index in [4.69, 9.17) is 11.6 Å². The molecule has 1 aliphatic heterocycles. The highest BCUT2D eigenvalue weighted by molar-refractivity contribution is 7.99. The van der Waals surface area contributed by atoms with Gasteiger partial charge in [-0.2, -0.15) is 11.8 Å². The third kappa shape index (κ3) is 3.23. The Morgan fingerprint density at radius 1 is 1.47 bits per heavy atom. The molecule has 92 valence electrons. The van der Waals surface area contributed by atoms with Crippen molar-refractivity contribution in [2.24, 2.45) is 0 Å². The van der Waals surface area contributed by atoms with E-state index in [0.29, 0.717) is 0 Å². The minimum atomic E-state index is -0.441. The first kappa shape index (κ1) is 12.4. The number of hydrogen-bond donors (Lipinski definition) is 1. The van der Waals surface area contributed by atoms with E-state index >= 15 is 0 Å². The number of nitro groups is 1. The molecular weight excluding hydrogens is 262 g/mol. The average Bonchev–Trinajstić information content (AvgIpc) is 2.30. The van der Waals surface area contributed by atoms with Gasteiger partial charge in [0.05, 0.1) is 4.92 Å². The summed E-state index contributed by atoms with van der Waals surface area (Å²) in [4.78, 5) is 14.4. The molecule has 7 heteroatoms. The monoisotopic (exact) mass is 273 g/mol. The second-order valence-corrected chi connectivity index (χ2v) is 5.40. The van der Waals surface area contributed by atoms with Crippen LogP contribution >= 0.6 is 23.4 Å². The maximum atomic E-state index is 10.9.